The van der Waals surface area contributed by atoms with Crippen LogP contribution >= 0.6 is 22.9 Å². The molecule has 0 aliphatic carbocycles. The Bertz CT molecular complexity index is 759. The Morgan fingerprint density at radius 1 is 1.32 bits per heavy atom. The fourth-order valence-corrected chi connectivity index (χ4v) is 2.55. The first-order valence-electron chi connectivity index (χ1n) is 5.88. The number of nitro groups is 1. The van der Waals surface area contributed by atoms with Gasteiger partial charge in [0.05, 0.1) is 19.7 Å². The molecule has 0 spiro atoms. The number of nitrogen functional groups attached to an aromatic ring is 1. The Morgan fingerprint density at radius 3 is 2.64 bits per heavy atom. The molecule has 0 aliphatic rings. The van der Waals surface area contributed by atoms with Gasteiger partial charge in [-0.05, 0) is 24.3 Å². The molecule has 1 aromatic carbocycles. The van der Waals surface area contributed by atoms with E-state index < -0.39 is 29.0 Å². The first-order chi connectivity index (χ1) is 10.4. The highest BCUT2D eigenvalue weighted by atomic mass is 35.5. The predicted molar refractivity (Wildman–Crippen MR) is 81.5 cm³/mol. The number of hydrogen-bond acceptors (Lipinski definition) is 7. The summed E-state index contributed by atoms with van der Waals surface area (Å²) in [5.41, 5.74) is 4.91. The van der Waals surface area contributed by atoms with Crippen molar-refractivity contribution in [3.05, 3.63) is 55.2 Å². The van der Waals surface area contributed by atoms with Crippen LogP contribution in [0.15, 0.2) is 30.3 Å². The lowest BCUT2D eigenvalue weighted by Crippen LogP contribution is -2.13. The van der Waals surface area contributed by atoms with E-state index in [-0.39, 0.29) is 11.3 Å². The maximum Gasteiger partial charge on any atom is 0.338 e. The number of nitrogens with zero attached hydrogens (tertiary/aromatic N) is 1. The first kappa shape index (κ1) is 15.9. The smallest absolute Gasteiger partial charge is 0.338 e. The number of carbonyl (C=O) groups is 2. The van der Waals surface area contributed by atoms with Crippen molar-refractivity contribution in [1.82, 2.24) is 0 Å². The SMILES string of the molecule is Nc1ccc(C(=O)OCC(=O)c2ccc(Cl)s2)cc1[N+](=O)[O-]. The molecule has 1 heterocycles. The van der Waals surface area contributed by atoms with Crippen molar-refractivity contribution in [2.24, 2.45) is 0 Å². The highest BCUT2D eigenvalue weighted by molar-refractivity contribution is 7.18. The lowest BCUT2D eigenvalue weighted by Gasteiger charge is -2.04. The van der Waals surface area contributed by atoms with Crippen LogP contribution in [-0.2, 0) is 4.74 Å². The van der Waals surface area contributed by atoms with Gasteiger partial charge in [0, 0.05) is 6.07 Å². The summed E-state index contributed by atoms with van der Waals surface area (Å²) in [4.78, 5) is 34.0. The molecule has 2 rings (SSSR count). The monoisotopic (exact) mass is 340 g/mol. The van der Waals surface area contributed by atoms with Gasteiger partial charge in [-0.1, -0.05) is 11.6 Å². The number of esters is 1. The minimum absolute atomic E-state index is 0.0575. The van der Waals surface area contributed by atoms with E-state index in [0.717, 1.165) is 17.4 Å². The van der Waals surface area contributed by atoms with Gasteiger partial charge in [0.25, 0.3) is 5.69 Å². The molecule has 2 N–H and O–H groups in total. The van der Waals surface area contributed by atoms with Gasteiger partial charge in [-0.2, -0.15) is 0 Å². The quantitative estimate of drug-likeness (QED) is 0.294. The summed E-state index contributed by atoms with van der Waals surface area (Å²) in [7, 11) is 0. The number of rotatable bonds is 5. The molecule has 1 aromatic heterocycles. The largest absolute Gasteiger partial charge is 0.454 e. The minimum Gasteiger partial charge on any atom is -0.454 e. The van der Waals surface area contributed by atoms with Crippen molar-refractivity contribution >= 4 is 46.1 Å². The average Bonchev–Trinajstić information content (AvgIpc) is 2.91. The molecule has 7 nitrogen and oxygen atoms in total. The van der Waals surface area contributed by atoms with E-state index in [1.54, 1.807) is 6.07 Å². The summed E-state index contributed by atoms with van der Waals surface area (Å²) < 4.78 is 5.29. The third kappa shape index (κ3) is 3.60. The highest BCUT2D eigenvalue weighted by Crippen LogP contribution is 2.23. The van der Waals surface area contributed by atoms with Gasteiger partial charge < -0.3 is 10.5 Å². The van der Waals surface area contributed by atoms with Crippen molar-refractivity contribution < 1.29 is 19.2 Å². The van der Waals surface area contributed by atoms with Crippen LogP contribution in [-0.4, -0.2) is 23.3 Å². The normalized spacial score (nSPS) is 10.2. The lowest BCUT2D eigenvalue weighted by atomic mass is 10.2. The topological polar surface area (TPSA) is 113 Å². The Morgan fingerprint density at radius 2 is 2.05 bits per heavy atom. The second kappa shape index (κ2) is 6.54. The number of benzene rings is 1. The second-order valence-electron chi connectivity index (χ2n) is 4.13. The van der Waals surface area contributed by atoms with Crippen LogP contribution in [0.2, 0.25) is 4.34 Å². The van der Waals surface area contributed by atoms with E-state index in [0.29, 0.717) is 9.21 Å². The summed E-state index contributed by atoms with van der Waals surface area (Å²) in [5, 5.41) is 10.8. The molecule has 0 bridgehead atoms. The third-order valence-corrected chi connectivity index (χ3v) is 3.92. The molecule has 0 saturated heterocycles. The zero-order valence-corrected chi connectivity index (χ0v) is 12.5. The van der Waals surface area contributed by atoms with Crippen molar-refractivity contribution in [2.45, 2.75) is 0 Å². The van der Waals surface area contributed by atoms with E-state index in [2.05, 4.69) is 0 Å². The average molecular weight is 341 g/mol. The number of ether oxygens (including phenoxy) is 1. The molecule has 114 valence electrons. The Balaban J connectivity index is 2.05. The molecule has 0 fully saturated rings. The number of ketones is 1. The van der Waals surface area contributed by atoms with Crippen LogP contribution in [0, 0.1) is 10.1 Å². The van der Waals surface area contributed by atoms with E-state index in [9.17, 15) is 19.7 Å². The Kier molecular flexibility index (Phi) is 4.74. The van der Waals surface area contributed by atoms with Crippen LogP contribution in [0.1, 0.15) is 20.0 Å². The zero-order valence-electron chi connectivity index (χ0n) is 10.9. The summed E-state index contributed by atoms with van der Waals surface area (Å²) in [6.07, 6.45) is 0. The maximum atomic E-state index is 11.8. The zero-order chi connectivity index (χ0) is 16.3. The number of Topliss-reactive ketones (excluding diaryl/α,β-unsaturated/α-hetero) is 1. The van der Waals surface area contributed by atoms with E-state index >= 15 is 0 Å². The van der Waals surface area contributed by atoms with Crippen LogP contribution in [0.5, 0.6) is 0 Å². The van der Waals surface area contributed by atoms with Gasteiger partial charge in [-0.25, -0.2) is 4.79 Å². The van der Waals surface area contributed by atoms with Crippen LogP contribution < -0.4 is 5.73 Å². The molecule has 0 saturated carbocycles. The second-order valence-corrected chi connectivity index (χ2v) is 5.85. The molecular formula is C13H9ClN2O5S. The predicted octanol–water partition coefficient (Wildman–Crippen LogP) is 2.93. The molecule has 2 aromatic rings. The third-order valence-electron chi connectivity index (χ3n) is 2.65. The molecule has 0 aliphatic heterocycles. The van der Waals surface area contributed by atoms with Gasteiger partial charge >= 0.3 is 5.97 Å². The van der Waals surface area contributed by atoms with Crippen LogP contribution in [0.4, 0.5) is 11.4 Å². The van der Waals surface area contributed by atoms with Gasteiger partial charge in [0.15, 0.2) is 6.61 Å². The molecule has 9 heteroatoms. The lowest BCUT2D eigenvalue weighted by molar-refractivity contribution is -0.383. The number of thiophene rings is 1. The van der Waals surface area contributed by atoms with Gasteiger partial charge in [0.2, 0.25) is 5.78 Å². The summed E-state index contributed by atoms with van der Waals surface area (Å²) in [6.45, 7) is -0.478. The summed E-state index contributed by atoms with van der Waals surface area (Å²) in [6, 6.07) is 6.61. The number of halogens is 1. The van der Waals surface area contributed by atoms with Crippen LogP contribution in [0.25, 0.3) is 0 Å². The summed E-state index contributed by atoms with van der Waals surface area (Å²) in [5.74, 6) is -1.26. The number of carbonyl (C=O) groups excluding carboxylic acids is 2. The number of anilines is 1. The van der Waals surface area contributed by atoms with Gasteiger partial charge in [0.1, 0.15) is 5.69 Å². The minimum atomic E-state index is -0.848. The van der Waals surface area contributed by atoms with Gasteiger partial charge in [-0.15, -0.1) is 11.3 Å². The summed E-state index contributed by atoms with van der Waals surface area (Å²) >= 11 is 6.78. The number of nitro benzene ring substituents is 1. The standard InChI is InChI=1S/C13H9ClN2O5S/c14-12-4-3-11(22-12)10(17)6-21-13(18)7-1-2-8(15)9(5-7)16(19)20/h1-5H,6,15H2. The Labute approximate surface area is 133 Å². The van der Waals surface area contributed by atoms with Gasteiger partial charge in [-0.3, -0.25) is 14.9 Å². The molecule has 0 amide bonds. The number of hydrogen-bond donors (Lipinski definition) is 1. The van der Waals surface area contributed by atoms with E-state index in [4.69, 9.17) is 22.1 Å². The molecule has 0 unspecified atom stereocenters. The van der Waals surface area contributed by atoms with Crippen molar-refractivity contribution in [1.29, 1.82) is 0 Å². The van der Waals surface area contributed by atoms with E-state index in [1.807, 2.05) is 0 Å². The van der Waals surface area contributed by atoms with Crippen LogP contribution in [0.3, 0.4) is 0 Å². The molecule has 22 heavy (non-hydrogen) atoms. The first-order valence-corrected chi connectivity index (χ1v) is 7.07. The molecule has 0 radical (unpaired) electrons. The fourth-order valence-electron chi connectivity index (χ4n) is 1.58. The van der Waals surface area contributed by atoms with Crippen molar-refractivity contribution in [3.8, 4) is 0 Å². The maximum absolute atomic E-state index is 11.8. The van der Waals surface area contributed by atoms with E-state index in [1.165, 1.54) is 18.2 Å². The number of nitrogens with two attached hydrogens (primary N) is 1. The molecule has 0 atom stereocenters. The molecular weight excluding hydrogens is 332 g/mol. The highest BCUT2D eigenvalue weighted by Gasteiger charge is 2.18. The van der Waals surface area contributed by atoms with Crippen molar-refractivity contribution in [3.63, 3.8) is 0 Å². The van der Waals surface area contributed by atoms with Crippen molar-refractivity contribution in [2.75, 3.05) is 12.3 Å². The fraction of sp³-hybridized carbons (Fsp3) is 0.0769. The Hall–Kier alpha value is -2.45.